The van der Waals surface area contributed by atoms with E-state index in [-0.39, 0.29) is 12.1 Å². The standard InChI is InChI=1S/C11H12O3/c12-9-4-3-7-6-14-11-8(10(7)9)2-1-5-13-11/h2,11H,1,3-6H2. The molecule has 3 rings (SSSR count). The lowest BCUT2D eigenvalue weighted by Gasteiger charge is -2.29. The van der Waals surface area contributed by atoms with Gasteiger partial charge < -0.3 is 9.47 Å². The Bertz CT molecular complexity index is 352. The summed E-state index contributed by atoms with van der Waals surface area (Å²) in [5.41, 5.74) is 3.07. The monoisotopic (exact) mass is 192 g/mol. The van der Waals surface area contributed by atoms with Crippen LogP contribution in [0.5, 0.6) is 0 Å². The molecule has 1 aliphatic carbocycles. The highest BCUT2D eigenvalue weighted by Gasteiger charge is 2.35. The van der Waals surface area contributed by atoms with Gasteiger partial charge in [-0.3, -0.25) is 4.79 Å². The molecule has 1 atom stereocenters. The summed E-state index contributed by atoms with van der Waals surface area (Å²) in [4.78, 5) is 11.7. The molecule has 0 N–H and O–H groups in total. The Morgan fingerprint density at radius 2 is 2.21 bits per heavy atom. The molecule has 0 aromatic carbocycles. The summed E-state index contributed by atoms with van der Waals surface area (Å²) in [6.45, 7) is 1.27. The number of hydrogen-bond donors (Lipinski definition) is 0. The number of fused-ring (bicyclic) bond motifs is 2. The molecule has 14 heavy (non-hydrogen) atoms. The van der Waals surface area contributed by atoms with Crippen LogP contribution < -0.4 is 0 Å². The lowest BCUT2D eigenvalue weighted by Crippen LogP contribution is -2.30. The summed E-state index contributed by atoms with van der Waals surface area (Å²) in [6.07, 6.45) is 4.23. The van der Waals surface area contributed by atoms with Crippen LogP contribution in [0.3, 0.4) is 0 Å². The molecule has 0 aromatic heterocycles. The van der Waals surface area contributed by atoms with Gasteiger partial charge in [0.15, 0.2) is 12.1 Å². The first-order valence-electron chi connectivity index (χ1n) is 5.05. The van der Waals surface area contributed by atoms with Gasteiger partial charge in [0.25, 0.3) is 0 Å². The highest BCUT2D eigenvalue weighted by molar-refractivity contribution is 6.03. The highest BCUT2D eigenvalue weighted by atomic mass is 16.7. The zero-order chi connectivity index (χ0) is 9.54. The van der Waals surface area contributed by atoms with Gasteiger partial charge in [0.05, 0.1) is 13.2 Å². The molecule has 0 saturated heterocycles. The molecule has 74 valence electrons. The molecule has 0 amide bonds. The Kier molecular flexibility index (Phi) is 1.82. The number of carbonyl (C=O) groups excluding carboxylic acids is 1. The molecule has 0 spiro atoms. The van der Waals surface area contributed by atoms with Crippen molar-refractivity contribution >= 4 is 5.78 Å². The van der Waals surface area contributed by atoms with Crippen molar-refractivity contribution in [3.63, 3.8) is 0 Å². The van der Waals surface area contributed by atoms with E-state index in [1.165, 1.54) is 5.57 Å². The first-order valence-corrected chi connectivity index (χ1v) is 5.05. The molecule has 2 heterocycles. The van der Waals surface area contributed by atoms with Crippen LogP contribution >= 0.6 is 0 Å². The highest BCUT2D eigenvalue weighted by Crippen LogP contribution is 2.37. The SMILES string of the molecule is O=C1CCC2=C1C1=CCCOC1OC2. The molecule has 0 saturated carbocycles. The number of rotatable bonds is 0. The van der Waals surface area contributed by atoms with Gasteiger partial charge in [-0.1, -0.05) is 6.08 Å². The van der Waals surface area contributed by atoms with E-state index in [0.29, 0.717) is 19.6 Å². The maximum absolute atomic E-state index is 11.7. The van der Waals surface area contributed by atoms with Gasteiger partial charge in [0.2, 0.25) is 0 Å². The fourth-order valence-electron chi connectivity index (χ4n) is 2.33. The van der Waals surface area contributed by atoms with Gasteiger partial charge in [-0.15, -0.1) is 0 Å². The Morgan fingerprint density at radius 3 is 3.14 bits per heavy atom. The summed E-state index contributed by atoms with van der Waals surface area (Å²) in [6, 6.07) is 0. The van der Waals surface area contributed by atoms with Gasteiger partial charge in [-0.25, -0.2) is 0 Å². The third-order valence-corrected chi connectivity index (χ3v) is 2.99. The van der Waals surface area contributed by atoms with Crippen LogP contribution in [0.15, 0.2) is 22.8 Å². The summed E-state index contributed by atoms with van der Waals surface area (Å²) in [5.74, 6) is 0.269. The number of hydrogen-bond acceptors (Lipinski definition) is 3. The Hall–Kier alpha value is -0.930. The molecule has 3 nitrogen and oxygen atoms in total. The molecule has 0 bridgehead atoms. The second-order valence-corrected chi connectivity index (χ2v) is 3.86. The minimum atomic E-state index is -0.274. The normalized spacial score (nSPS) is 31.3. The summed E-state index contributed by atoms with van der Waals surface area (Å²) < 4.78 is 11.0. The molecule has 0 radical (unpaired) electrons. The number of Topliss-reactive ketones (excluding diaryl/α,β-unsaturated/α-hetero) is 1. The minimum Gasteiger partial charge on any atom is -0.348 e. The Morgan fingerprint density at radius 1 is 1.29 bits per heavy atom. The molecule has 3 aliphatic rings. The molecular formula is C11H12O3. The molecule has 0 fully saturated rings. The fourth-order valence-corrected chi connectivity index (χ4v) is 2.33. The van der Waals surface area contributed by atoms with E-state index in [0.717, 1.165) is 24.0 Å². The van der Waals surface area contributed by atoms with Crippen LogP contribution in [0, 0.1) is 0 Å². The molecule has 0 aromatic rings. The maximum Gasteiger partial charge on any atom is 0.184 e. The van der Waals surface area contributed by atoms with Crippen molar-refractivity contribution in [2.24, 2.45) is 0 Å². The van der Waals surface area contributed by atoms with Crippen molar-refractivity contribution in [1.82, 2.24) is 0 Å². The van der Waals surface area contributed by atoms with Gasteiger partial charge in [-0.2, -0.15) is 0 Å². The van der Waals surface area contributed by atoms with E-state index in [2.05, 4.69) is 6.08 Å². The van der Waals surface area contributed by atoms with Gasteiger partial charge >= 0.3 is 0 Å². The predicted octanol–water partition coefficient (Wildman–Crippen LogP) is 1.35. The van der Waals surface area contributed by atoms with E-state index in [1.807, 2.05) is 0 Å². The first kappa shape index (κ1) is 8.38. The topological polar surface area (TPSA) is 35.5 Å². The van der Waals surface area contributed by atoms with Crippen molar-refractivity contribution in [2.45, 2.75) is 25.6 Å². The van der Waals surface area contributed by atoms with Crippen LogP contribution in [0.2, 0.25) is 0 Å². The van der Waals surface area contributed by atoms with Gasteiger partial charge in [-0.05, 0) is 18.4 Å². The average molecular weight is 192 g/mol. The van der Waals surface area contributed by atoms with Crippen LogP contribution in [-0.2, 0) is 14.3 Å². The predicted molar refractivity (Wildman–Crippen MR) is 49.7 cm³/mol. The van der Waals surface area contributed by atoms with E-state index >= 15 is 0 Å². The first-order chi connectivity index (χ1) is 6.86. The second kappa shape index (κ2) is 3.04. The molecular weight excluding hydrogens is 180 g/mol. The average Bonchev–Trinajstić information content (AvgIpc) is 2.61. The van der Waals surface area contributed by atoms with Gasteiger partial charge in [0.1, 0.15) is 0 Å². The Balaban J connectivity index is 2.06. The van der Waals surface area contributed by atoms with Crippen LogP contribution in [-0.4, -0.2) is 25.3 Å². The summed E-state index contributed by atoms with van der Waals surface area (Å²) in [7, 11) is 0. The van der Waals surface area contributed by atoms with Crippen molar-refractivity contribution in [3.05, 3.63) is 22.8 Å². The number of ketones is 1. The van der Waals surface area contributed by atoms with Crippen molar-refractivity contribution < 1.29 is 14.3 Å². The van der Waals surface area contributed by atoms with E-state index in [4.69, 9.17) is 9.47 Å². The zero-order valence-electron chi connectivity index (χ0n) is 7.91. The van der Waals surface area contributed by atoms with Crippen LogP contribution in [0.1, 0.15) is 19.3 Å². The molecule has 3 heteroatoms. The van der Waals surface area contributed by atoms with Gasteiger partial charge in [0, 0.05) is 17.6 Å². The summed E-state index contributed by atoms with van der Waals surface area (Å²) >= 11 is 0. The molecule has 2 aliphatic heterocycles. The number of ether oxygens (including phenoxy) is 2. The van der Waals surface area contributed by atoms with E-state index in [1.54, 1.807) is 0 Å². The molecule has 1 unspecified atom stereocenters. The van der Waals surface area contributed by atoms with Crippen LogP contribution in [0.4, 0.5) is 0 Å². The lowest BCUT2D eigenvalue weighted by atomic mass is 9.97. The third-order valence-electron chi connectivity index (χ3n) is 2.99. The quantitative estimate of drug-likeness (QED) is 0.581. The summed E-state index contributed by atoms with van der Waals surface area (Å²) in [5, 5.41) is 0. The number of carbonyl (C=O) groups is 1. The van der Waals surface area contributed by atoms with Crippen LogP contribution in [0.25, 0.3) is 0 Å². The second-order valence-electron chi connectivity index (χ2n) is 3.86. The minimum absolute atomic E-state index is 0.269. The van der Waals surface area contributed by atoms with E-state index < -0.39 is 0 Å². The zero-order valence-corrected chi connectivity index (χ0v) is 7.91. The largest absolute Gasteiger partial charge is 0.348 e. The van der Waals surface area contributed by atoms with Crippen molar-refractivity contribution in [3.8, 4) is 0 Å². The smallest absolute Gasteiger partial charge is 0.184 e. The van der Waals surface area contributed by atoms with E-state index in [9.17, 15) is 4.79 Å². The Labute approximate surface area is 82.4 Å². The third kappa shape index (κ3) is 1.09. The van der Waals surface area contributed by atoms with Crippen molar-refractivity contribution in [2.75, 3.05) is 13.2 Å². The lowest BCUT2D eigenvalue weighted by molar-refractivity contribution is -0.124. The fraction of sp³-hybridized carbons (Fsp3) is 0.545. The van der Waals surface area contributed by atoms with Crippen molar-refractivity contribution in [1.29, 1.82) is 0 Å². The maximum atomic E-state index is 11.7.